The molecule has 3 fully saturated rings. The van der Waals surface area contributed by atoms with Gasteiger partial charge >= 0.3 is 0 Å². The van der Waals surface area contributed by atoms with Crippen LogP contribution >= 0.6 is 11.6 Å². The third-order valence-corrected chi connectivity index (χ3v) is 7.12. The maximum Gasteiger partial charge on any atom is 0.222 e. The number of halogens is 1. The number of aliphatic hydroxyl groups is 1. The van der Waals surface area contributed by atoms with Gasteiger partial charge in [0.2, 0.25) is 5.91 Å². The fourth-order valence-electron chi connectivity index (χ4n) is 5.26. The Labute approximate surface area is 190 Å². The molecule has 4 rings (SSSR count). The van der Waals surface area contributed by atoms with Gasteiger partial charge in [0.1, 0.15) is 0 Å². The van der Waals surface area contributed by atoms with E-state index in [2.05, 4.69) is 10.2 Å². The van der Waals surface area contributed by atoms with E-state index in [4.69, 9.17) is 21.1 Å². The summed E-state index contributed by atoms with van der Waals surface area (Å²) in [5, 5.41) is 14.0. The quantitative estimate of drug-likeness (QED) is 0.696. The number of fused-ring (bicyclic) bond motifs is 1. The normalized spacial score (nSPS) is 30.4. The molecular weight excluding hydrogens is 416 g/mol. The molecule has 6 nitrogen and oxygen atoms in total. The van der Waals surface area contributed by atoms with Crippen LogP contribution in [0, 0.1) is 5.92 Å². The van der Waals surface area contributed by atoms with E-state index < -0.39 is 6.10 Å². The Hall–Kier alpha value is -1.18. The van der Waals surface area contributed by atoms with Crippen LogP contribution in [-0.2, 0) is 20.8 Å². The van der Waals surface area contributed by atoms with Gasteiger partial charge in [0.05, 0.1) is 37.9 Å². The molecule has 3 aliphatic rings. The molecule has 2 N–H and O–H groups in total. The van der Waals surface area contributed by atoms with E-state index in [1.165, 1.54) is 25.7 Å². The van der Waals surface area contributed by atoms with Crippen LogP contribution in [0.25, 0.3) is 0 Å². The van der Waals surface area contributed by atoms with Crippen LogP contribution in [0.3, 0.4) is 0 Å². The molecule has 0 spiro atoms. The number of hydrogen-bond acceptors (Lipinski definition) is 5. The first-order chi connectivity index (χ1) is 15.1. The first-order valence-electron chi connectivity index (χ1n) is 11.7. The van der Waals surface area contributed by atoms with Crippen molar-refractivity contribution in [2.75, 3.05) is 26.3 Å². The molecule has 0 radical (unpaired) electrons. The summed E-state index contributed by atoms with van der Waals surface area (Å²) < 4.78 is 12.1. The Morgan fingerprint density at radius 2 is 1.90 bits per heavy atom. The second-order valence-electron chi connectivity index (χ2n) is 9.34. The average molecular weight is 451 g/mol. The lowest BCUT2D eigenvalue weighted by molar-refractivity contribution is -0.158. The van der Waals surface area contributed by atoms with E-state index in [-0.39, 0.29) is 24.2 Å². The van der Waals surface area contributed by atoms with Crippen LogP contribution in [0.1, 0.15) is 50.5 Å². The summed E-state index contributed by atoms with van der Waals surface area (Å²) in [4.78, 5) is 14.9. The minimum atomic E-state index is -0.446. The van der Waals surface area contributed by atoms with Crippen LogP contribution in [0.2, 0.25) is 5.02 Å². The van der Waals surface area contributed by atoms with Gasteiger partial charge in [-0.15, -0.1) is 0 Å². The zero-order valence-electron chi connectivity index (χ0n) is 18.2. The third-order valence-electron chi connectivity index (χ3n) is 6.87. The molecule has 1 aromatic carbocycles. The molecule has 1 amide bonds. The van der Waals surface area contributed by atoms with Crippen LogP contribution in [-0.4, -0.2) is 66.6 Å². The van der Waals surface area contributed by atoms with Crippen molar-refractivity contribution in [1.82, 2.24) is 10.2 Å². The number of hydrogen-bond donors (Lipinski definition) is 2. The number of carbonyl (C=O) groups is 1. The highest BCUT2D eigenvalue weighted by atomic mass is 35.5. The van der Waals surface area contributed by atoms with E-state index in [0.717, 1.165) is 30.9 Å². The molecule has 0 bridgehead atoms. The van der Waals surface area contributed by atoms with Crippen molar-refractivity contribution in [3.63, 3.8) is 0 Å². The van der Waals surface area contributed by atoms with Gasteiger partial charge in [-0.3, -0.25) is 9.69 Å². The molecule has 0 aromatic heterocycles. The maximum atomic E-state index is 12.5. The Balaban J connectivity index is 1.29. The standard InChI is InChI=1S/C24H35ClN2O4/c25-19-7-5-17(6-8-19)12-26-24(29)11-21-9-10-22-23(31-21)16-30-15-20(28)14-27(22)13-18-3-1-2-4-18/h5-8,18,20-23,28H,1-4,9-16H2,(H,26,29)/t20-,21-,22+,23-/m1/s1. The molecule has 7 heteroatoms. The molecule has 1 aromatic rings. The van der Waals surface area contributed by atoms with Crippen LogP contribution in [0.5, 0.6) is 0 Å². The lowest BCUT2D eigenvalue weighted by atomic mass is 9.93. The van der Waals surface area contributed by atoms with E-state index in [0.29, 0.717) is 37.7 Å². The fraction of sp³-hybridized carbons (Fsp3) is 0.708. The summed E-state index contributed by atoms with van der Waals surface area (Å²) in [6.07, 6.45) is 6.83. The lowest BCUT2D eigenvalue weighted by Crippen LogP contribution is -2.56. The first kappa shape index (κ1) is 23.0. The second kappa shape index (κ2) is 11.1. The Bertz CT molecular complexity index is 710. The molecule has 2 heterocycles. The number of ether oxygens (including phenoxy) is 2. The Kier molecular flexibility index (Phi) is 8.24. The molecule has 2 saturated heterocycles. The van der Waals surface area contributed by atoms with Crippen LogP contribution in [0.15, 0.2) is 24.3 Å². The van der Waals surface area contributed by atoms with Crippen molar-refractivity contribution < 1.29 is 19.4 Å². The highest BCUT2D eigenvalue weighted by Gasteiger charge is 2.38. The molecule has 1 saturated carbocycles. The summed E-state index contributed by atoms with van der Waals surface area (Å²) in [6.45, 7) is 3.00. The second-order valence-corrected chi connectivity index (χ2v) is 9.78. The number of aliphatic hydroxyl groups excluding tert-OH is 1. The van der Waals surface area contributed by atoms with Gasteiger partial charge in [0.15, 0.2) is 0 Å². The zero-order chi connectivity index (χ0) is 21.6. The number of benzene rings is 1. The van der Waals surface area contributed by atoms with Crippen molar-refractivity contribution in [1.29, 1.82) is 0 Å². The van der Waals surface area contributed by atoms with Gasteiger partial charge in [-0.2, -0.15) is 0 Å². The first-order valence-corrected chi connectivity index (χ1v) is 12.1. The third kappa shape index (κ3) is 6.65. The van der Waals surface area contributed by atoms with Crippen molar-refractivity contribution in [3.8, 4) is 0 Å². The van der Waals surface area contributed by atoms with Crippen molar-refractivity contribution in [2.45, 2.75) is 75.8 Å². The molecule has 1 aliphatic carbocycles. The van der Waals surface area contributed by atoms with Crippen molar-refractivity contribution in [2.24, 2.45) is 5.92 Å². The number of rotatable bonds is 6. The number of nitrogens with one attached hydrogen (secondary N) is 1. The largest absolute Gasteiger partial charge is 0.389 e. The van der Waals surface area contributed by atoms with Crippen LogP contribution < -0.4 is 5.32 Å². The average Bonchev–Trinajstić information content (AvgIpc) is 3.25. The van der Waals surface area contributed by atoms with Gasteiger partial charge < -0.3 is 19.9 Å². The minimum absolute atomic E-state index is 0.00314. The predicted molar refractivity (Wildman–Crippen MR) is 120 cm³/mol. The zero-order valence-corrected chi connectivity index (χ0v) is 18.9. The summed E-state index contributed by atoms with van der Waals surface area (Å²) >= 11 is 5.91. The van der Waals surface area contributed by atoms with Gasteiger partial charge in [-0.1, -0.05) is 36.6 Å². The predicted octanol–water partition coefficient (Wildman–Crippen LogP) is 3.15. The van der Waals surface area contributed by atoms with E-state index in [1.807, 2.05) is 24.3 Å². The monoisotopic (exact) mass is 450 g/mol. The maximum absolute atomic E-state index is 12.5. The van der Waals surface area contributed by atoms with E-state index in [9.17, 15) is 9.90 Å². The summed E-state index contributed by atoms with van der Waals surface area (Å²) in [7, 11) is 0. The molecular formula is C24H35ClN2O4. The highest BCUT2D eigenvalue weighted by molar-refractivity contribution is 6.30. The highest BCUT2D eigenvalue weighted by Crippen LogP contribution is 2.31. The topological polar surface area (TPSA) is 71.0 Å². The van der Waals surface area contributed by atoms with Crippen molar-refractivity contribution >= 4 is 17.5 Å². The van der Waals surface area contributed by atoms with E-state index in [1.54, 1.807) is 0 Å². The number of β-amino-alcohol motifs (C(OH)–C–C–N with tert-alkyl or cyclic N) is 1. The molecule has 172 valence electrons. The molecule has 4 atom stereocenters. The minimum Gasteiger partial charge on any atom is -0.389 e. The van der Waals surface area contributed by atoms with Gasteiger partial charge in [-0.25, -0.2) is 0 Å². The number of amides is 1. The van der Waals surface area contributed by atoms with Gasteiger partial charge in [0, 0.05) is 30.7 Å². The lowest BCUT2D eigenvalue weighted by Gasteiger charge is -2.45. The van der Waals surface area contributed by atoms with Gasteiger partial charge in [-0.05, 0) is 49.3 Å². The SMILES string of the molecule is O=C(C[C@H]1CC[C@H]2[C@@H](COC[C@H](O)CN2CC2CCCC2)O1)NCc1ccc(Cl)cc1. The number of nitrogens with zero attached hydrogens (tertiary/aromatic N) is 1. The summed E-state index contributed by atoms with van der Waals surface area (Å²) in [5.41, 5.74) is 1.02. The fourth-order valence-corrected chi connectivity index (χ4v) is 5.39. The smallest absolute Gasteiger partial charge is 0.222 e. The Morgan fingerprint density at radius 3 is 2.68 bits per heavy atom. The number of carbonyl (C=O) groups excluding carboxylic acids is 1. The van der Waals surface area contributed by atoms with Crippen molar-refractivity contribution in [3.05, 3.63) is 34.9 Å². The van der Waals surface area contributed by atoms with Gasteiger partial charge in [0.25, 0.3) is 0 Å². The molecule has 2 aliphatic heterocycles. The summed E-state index contributed by atoms with van der Waals surface area (Å²) in [5.74, 6) is 0.730. The Morgan fingerprint density at radius 1 is 1.13 bits per heavy atom. The molecule has 31 heavy (non-hydrogen) atoms. The molecule has 0 unspecified atom stereocenters. The summed E-state index contributed by atoms with van der Waals surface area (Å²) in [6, 6.07) is 7.75. The van der Waals surface area contributed by atoms with Crippen LogP contribution in [0.4, 0.5) is 0 Å². The van der Waals surface area contributed by atoms with E-state index >= 15 is 0 Å².